The van der Waals surface area contributed by atoms with Crippen LogP contribution in [0.2, 0.25) is 0 Å². The molecule has 1 heterocycles. The van der Waals surface area contributed by atoms with E-state index in [1.54, 1.807) is 4.90 Å². The number of ether oxygens (including phenoxy) is 1. The van der Waals surface area contributed by atoms with Gasteiger partial charge in [0.25, 0.3) is 0 Å². The molecule has 0 radical (unpaired) electrons. The first-order valence-corrected chi connectivity index (χ1v) is 12.1. The number of rotatable bonds is 12. The molecule has 1 aliphatic heterocycles. The molecule has 3 amide bonds. The van der Waals surface area contributed by atoms with Crippen LogP contribution >= 0.6 is 0 Å². The third-order valence-electron chi connectivity index (χ3n) is 4.82. The fourth-order valence-corrected chi connectivity index (χ4v) is 4.48. The summed E-state index contributed by atoms with van der Waals surface area (Å²) in [6.45, 7) is 5.22. The summed E-state index contributed by atoms with van der Waals surface area (Å²) in [5.41, 5.74) is 0. The highest BCUT2D eigenvalue weighted by molar-refractivity contribution is 7.91. The average Bonchev–Trinajstić information content (AvgIpc) is 2.67. The number of unbranched alkanes of at least 4 members (excludes halogenated alkanes) is 4. The number of sulfone groups is 1. The second kappa shape index (κ2) is 11.3. The largest absolute Gasteiger partial charge is 0.490 e. The molecule has 1 aromatic carbocycles. The predicted octanol–water partition coefficient (Wildman–Crippen LogP) is 3.53. The van der Waals surface area contributed by atoms with Crippen LogP contribution in [0.1, 0.15) is 52.4 Å². The third kappa shape index (κ3) is 7.59. The fraction of sp³-hybridized carbons (Fsp3) is 0.619. The van der Waals surface area contributed by atoms with Crippen LogP contribution in [0.3, 0.4) is 0 Å². The standard InChI is InChI=1S/C21H31FN2O5S/c1-16(2)15-29-19-14-17(8-9-18(19)22)30(27,28)13-7-5-3-4-6-11-24-12-10-20(25)23-21(24)26/h8-9,14,16H,3-7,10-13,15H2,1-2H3,(H,23,25,26). The quantitative estimate of drug-likeness (QED) is 0.395. The Kier molecular flexibility index (Phi) is 9.08. The van der Waals surface area contributed by atoms with Crippen molar-refractivity contribution in [1.82, 2.24) is 10.2 Å². The molecule has 2 rings (SSSR count). The summed E-state index contributed by atoms with van der Waals surface area (Å²) in [4.78, 5) is 24.4. The number of imide groups is 1. The first-order chi connectivity index (χ1) is 14.2. The fourth-order valence-electron chi connectivity index (χ4n) is 3.10. The van der Waals surface area contributed by atoms with E-state index in [4.69, 9.17) is 4.74 Å². The van der Waals surface area contributed by atoms with E-state index in [0.717, 1.165) is 31.7 Å². The number of hydrogen-bond donors (Lipinski definition) is 1. The molecule has 1 aromatic rings. The normalized spacial score (nSPS) is 14.9. The first kappa shape index (κ1) is 24.1. The van der Waals surface area contributed by atoms with Crippen LogP contribution in [-0.2, 0) is 14.6 Å². The van der Waals surface area contributed by atoms with E-state index >= 15 is 0 Å². The number of halogens is 1. The molecule has 7 nitrogen and oxygen atoms in total. The lowest BCUT2D eigenvalue weighted by molar-refractivity contribution is -0.121. The van der Waals surface area contributed by atoms with E-state index in [1.165, 1.54) is 12.1 Å². The first-order valence-electron chi connectivity index (χ1n) is 10.4. The Morgan fingerprint density at radius 2 is 1.83 bits per heavy atom. The van der Waals surface area contributed by atoms with Gasteiger partial charge in [-0.25, -0.2) is 17.6 Å². The number of benzene rings is 1. The van der Waals surface area contributed by atoms with Gasteiger partial charge in [-0.2, -0.15) is 0 Å². The Bertz CT molecular complexity index is 842. The van der Waals surface area contributed by atoms with Gasteiger partial charge in [0.15, 0.2) is 21.4 Å². The van der Waals surface area contributed by atoms with Crippen LogP contribution < -0.4 is 10.1 Å². The van der Waals surface area contributed by atoms with Gasteiger partial charge in [-0.05, 0) is 30.9 Å². The van der Waals surface area contributed by atoms with E-state index in [-0.39, 0.29) is 34.3 Å². The summed E-state index contributed by atoms with van der Waals surface area (Å²) < 4.78 is 44.3. The highest BCUT2D eigenvalue weighted by Crippen LogP contribution is 2.24. The summed E-state index contributed by atoms with van der Waals surface area (Å²) in [7, 11) is -3.50. The highest BCUT2D eigenvalue weighted by atomic mass is 32.2. The van der Waals surface area contributed by atoms with Crippen molar-refractivity contribution in [2.45, 2.75) is 57.3 Å². The number of carbonyl (C=O) groups excluding carboxylic acids is 2. The molecule has 0 aromatic heterocycles. The second-order valence-corrected chi connectivity index (χ2v) is 10.1. The summed E-state index contributed by atoms with van der Waals surface area (Å²) in [5, 5.41) is 2.29. The van der Waals surface area contributed by atoms with Crippen LogP contribution in [0.5, 0.6) is 5.75 Å². The van der Waals surface area contributed by atoms with Crippen molar-refractivity contribution in [3.05, 3.63) is 24.0 Å². The van der Waals surface area contributed by atoms with Gasteiger partial charge in [-0.15, -0.1) is 0 Å². The Morgan fingerprint density at radius 3 is 2.53 bits per heavy atom. The number of carbonyl (C=O) groups is 2. The average molecular weight is 443 g/mol. The van der Waals surface area contributed by atoms with Crippen molar-refractivity contribution in [2.24, 2.45) is 5.92 Å². The van der Waals surface area contributed by atoms with E-state index in [9.17, 15) is 22.4 Å². The number of nitrogens with one attached hydrogen (secondary N) is 1. The van der Waals surface area contributed by atoms with E-state index < -0.39 is 15.7 Å². The van der Waals surface area contributed by atoms with E-state index in [1.807, 2.05) is 13.8 Å². The molecule has 0 unspecified atom stereocenters. The van der Waals surface area contributed by atoms with Crippen molar-refractivity contribution in [1.29, 1.82) is 0 Å². The molecular formula is C21H31FN2O5S. The Morgan fingerprint density at radius 1 is 1.13 bits per heavy atom. The van der Waals surface area contributed by atoms with Gasteiger partial charge in [-0.3, -0.25) is 10.1 Å². The van der Waals surface area contributed by atoms with Crippen molar-refractivity contribution >= 4 is 21.8 Å². The van der Waals surface area contributed by atoms with Gasteiger partial charge in [0, 0.05) is 25.6 Å². The predicted molar refractivity (Wildman–Crippen MR) is 112 cm³/mol. The summed E-state index contributed by atoms with van der Waals surface area (Å²) >= 11 is 0. The van der Waals surface area contributed by atoms with Crippen LogP contribution in [0.25, 0.3) is 0 Å². The second-order valence-electron chi connectivity index (χ2n) is 7.97. The molecular weight excluding hydrogens is 411 g/mol. The smallest absolute Gasteiger partial charge is 0.324 e. The van der Waals surface area contributed by atoms with Crippen LogP contribution in [0.15, 0.2) is 23.1 Å². The molecule has 168 valence electrons. The minimum Gasteiger partial charge on any atom is -0.490 e. The van der Waals surface area contributed by atoms with Crippen molar-refractivity contribution in [3.8, 4) is 5.75 Å². The molecule has 1 saturated heterocycles. The number of nitrogens with zero attached hydrogens (tertiary/aromatic N) is 1. The van der Waals surface area contributed by atoms with Crippen LogP contribution in [0.4, 0.5) is 9.18 Å². The zero-order valence-electron chi connectivity index (χ0n) is 17.7. The maximum atomic E-state index is 13.8. The Hall–Kier alpha value is -2.16. The van der Waals surface area contributed by atoms with Crippen molar-refractivity contribution in [2.75, 3.05) is 25.4 Å². The van der Waals surface area contributed by atoms with Gasteiger partial charge < -0.3 is 9.64 Å². The molecule has 1 fully saturated rings. The highest BCUT2D eigenvalue weighted by Gasteiger charge is 2.22. The molecule has 1 N–H and O–H groups in total. The molecule has 0 spiro atoms. The topological polar surface area (TPSA) is 92.8 Å². The van der Waals surface area contributed by atoms with Gasteiger partial charge in [0.2, 0.25) is 5.91 Å². The number of amides is 3. The van der Waals surface area contributed by atoms with Crippen LogP contribution in [0, 0.1) is 11.7 Å². The van der Waals surface area contributed by atoms with Gasteiger partial charge in [-0.1, -0.05) is 33.1 Å². The molecule has 0 saturated carbocycles. The minimum atomic E-state index is -3.50. The monoisotopic (exact) mass is 442 g/mol. The lowest BCUT2D eigenvalue weighted by Gasteiger charge is -2.26. The Labute approximate surface area is 177 Å². The molecule has 0 bridgehead atoms. The van der Waals surface area contributed by atoms with Crippen LogP contribution in [-0.4, -0.2) is 50.7 Å². The molecule has 30 heavy (non-hydrogen) atoms. The summed E-state index contributed by atoms with van der Waals surface area (Å²) in [6, 6.07) is 3.34. The molecule has 1 aliphatic rings. The van der Waals surface area contributed by atoms with Crippen molar-refractivity contribution in [3.63, 3.8) is 0 Å². The zero-order chi connectivity index (χ0) is 22.1. The molecule has 9 heteroatoms. The SMILES string of the molecule is CC(C)COc1cc(S(=O)(=O)CCCCCCCN2CCC(=O)NC2=O)ccc1F. The van der Waals surface area contributed by atoms with E-state index in [2.05, 4.69) is 5.32 Å². The third-order valence-corrected chi connectivity index (χ3v) is 6.62. The van der Waals surface area contributed by atoms with Crippen molar-refractivity contribution < 1.29 is 27.1 Å². The zero-order valence-corrected chi connectivity index (χ0v) is 18.5. The van der Waals surface area contributed by atoms with Gasteiger partial charge in [0.05, 0.1) is 17.3 Å². The number of urea groups is 1. The maximum Gasteiger partial charge on any atom is 0.324 e. The lowest BCUT2D eigenvalue weighted by atomic mass is 10.1. The van der Waals surface area contributed by atoms with Gasteiger partial charge in [0.1, 0.15) is 0 Å². The van der Waals surface area contributed by atoms with E-state index in [0.29, 0.717) is 32.5 Å². The maximum absolute atomic E-state index is 13.8. The molecule has 0 aliphatic carbocycles. The summed E-state index contributed by atoms with van der Waals surface area (Å²) in [5.74, 6) is -0.637. The van der Waals surface area contributed by atoms with Gasteiger partial charge >= 0.3 is 6.03 Å². The summed E-state index contributed by atoms with van der Waals surface area (Å²) in [6.07, 6.45) is 4.14. The minimum absolute atomic E-state index is 0.00110. The lowest BCUT2D eigenvalue weighted by Crippen LogP contribution is -2.49. The Balaban J connectivity index is 1.70. The molecule has 0 atom stereocenters. The number of hydrogen-bond acceptors (Lipinski definition) is 5.